The molecule has 0 spiro atoms. The topological polar surface area (TPSA) is 123 Å². The lowest BCUT2D eigenvalue weighted by Gasteiger charge is -2.19. The molecular formula is C25H42N2O9. The SMILES string of the molecule is CC(C)(C)OC(=O)NCCOCCOCCOCCOCCOCCNC(=O)OCc1ccccc1. The molecule has 0 aliphatic carbocycles. The lowest BCUT2D eigenvalue weighted by Crippen LogP contribution is -2.34. The molecule has 0 saturated heterocycles. The van der Waals surface area contributed by atoms with Gasteiger partial charge in [0.2, 0.25) is 0 Å². The van der Waals surface area contributed by atoms with Crippen LogP contribution in [0.2, 0.25) is 0 Å². The molecule has 0 heterocycles. The normalized spacial score (nSPS) is 11.2. The first kappa shape index (κ1) is 31.6. The van der Waals surface area contributed by atoms with Crippen LogP contribution in [0.1, 0.15) is 26.3 Å². The molecular weight excluding hydrogens is 472 g/mol. The van der Waals surface area contributed by atoms with Crippen LogP contribution < -0.4 is 10.6 Å². The molecule has 0 aliphatic rings. The molecule has 1 rings (SSSR count). The van der Waals surface area contributed by atoms with Crippen molar-refractivity contribution in [2.75, 3.05) is 79.2 Å². The first-order chi connectivity index (χ1) is 17.4. The summed E-state index contributed by atoms with van der Waals surface area (Å²) in [5, 5.41) is 5.25. The third kappa shape index (κ3) is 20.9. The van der Waals surface area contributed by atoms with E-state index in [1.807, 2.05) is 51.1 Å². The number of carbonyl (C=O) groups excluding carboxylic acids is 2. The minimum atomic E-state index is -0.512. The van der Waals surface area contributed by atoms with Crippen LogP contribution in [-0.4, -0.2) is 96.9 Å². The molecule has 2 N–H and O–H groups in total. The Labute approximate surface area is 214 Å². The number of ether oxygens (including phenoxy) is 7. The molecule has 0 aliphatic heterocycles. The van der Waals surface area contributed by atoms with Crippen LogP contribution >= 0.6 is 0 Å². The number of nitrogens with one attached hydrogen (secondary N) is 2. The third-order valence-corrected chi connectivity index (χ3v) is 4.13. The first-order valence-corrected chi connectivity index (χ1v) is 12.2. The maximum Gasteiger partial charge on any atom is 0.407 e. The van der Waals surface area contributed by atoms with Crippen LogP contribution in [-0.2, 0) is 39.8 Å². The molecule has 0 atom stereocenters. The molecule has 0 aromatic heterocycles. The van der Waals surface area contributed by atoms with Crippen LogP contribution in [0.3, 0.4) is 0 Å². The summed E-state index contributed by atoms with van der Waals surface area (Å²) in [7, 11) is 0. The predicted octanol–water partition coefficient (Wildman–Crippen LogP) is 2.52. The molecule has 0 fully saturated rings. The number of carbonyl (C=O) groups is 2. The molecule has 0 unspecified atom stereocenters. The van der Waals surface area contributed by atoms with Gasteiger partial charge in [-0.05, 0) is 26.3 Å². The zero-order valence-corrected chi connectivity index (χ0v) is 21.8. The maximum atomic E-state index is 11.6. The second kappa shape index (κ2) is 20.7. The molecule has 0 bridgehead atoms. The Morgan fingerprint density at radius 3 is 1.50 bits per heavy atom. The Morgan fingerprint density at radius 2 is 1.06 bits per heavy atom. The van der Waals surface area contributed by atoms with Gasteiger partial charge in [0.1, 0.15) is 12.2 Å². The number of hydrogen-bond acceptors (Lipinski definition) is 9. The lowest BCUT2D eigenvalue weighted by atomic mass is 10.2. The minimum absolute atomic E-state index is 0.237. The Morgan fingerprint density at radius 1 is 0.639 bits per heavy atom. The van der Waals surface area contributed by atoms with Crippen molar-refractivity contribution in [3.05, 3.63) is 35.9 Å². The lowest BCUT2D eigenvalue weighted by molar-refractivity contribution is -0.0107. The zero-order chi connectivity index (χ0) is 26.3. The quantitative estimate of drug-likeness (QED) is 0.253. The number of rotatable bonds is 20. The van der Waals surface area contributed by atoms with E-state index in [0.29, 0.717) is 79.2 Å². The highest BCUT2D eigenvalue weighted by Gasteiger charge is 2.15. The van der Waals surface area contributed by atoms with Gasteiger partial charge in [-0.2, -0.15) is 0 Å². The number of benzene rings is 1. The van der Waals surface area contributed by atoms with Crippen LogP contribution in [0, 0.1) is 0 Å². The van der Waals surface area contributed by atoms with Crippen LogP contribution in [0.5, 0.6) is 0 Å². The molecule has 0 saturated carbocycles. The van der Waals surface area contributed by atoms with Crippen molar-refractivity contribution >= 4 is 12.2 Å². The van der Waals surface area contributed by atoms with Gasteiger partial charge < -0.3 is 43.8 Å². The largest absolute Gasteiger partial charge is 0.445 e. The summed E-state index contributed by atoms with van der Waals surface area (Å²) in [4.78, 5) is 23.0. The van der Waals surface area contributed by atoms with Gasteiger partial charge in [0.05, 0.1) is 66.1 Å². The van der Waals surface area contributed by atoms with E-state index in [1.165, 1.54) is 0 Å². The summed E-state index contributed by atoms with van der Waals surface area (Å²) in [6.45, 7) is 10.8. The van der Waals surface area contributed by atoms with E-state index < -0.39 is 17.8 Å². The standard InChI is InChI=1S/C25H42N2O9/c1-25(2,3)36-24(29)27-10-12-31-14-16-33-18-20-34-19-17-32-15-13-30-11-9-26-23(28)35-21-22-7-5-4-6-8-22/h4-8H,9-21H2,1-3H3,(H,26,28)(H,27,29). The Hall–Kier alpha value is -2.44. The number of amides is 2. The first-order valence-electron chi connectivity index (χ1n) is 12.2. The summed E-state index contributed by atoms with van der Waals surface area (Å²) in [5.74, 6) is 0. The van der Waals surface area contributed by atoms with E-state index in [4.69, 9.17) is 33.2 Å². The molecule has 1 aromatic carbocycles. The fourth-order valence-electron chi connectivity index (χ4n) is 2.52. The molecule has 0 radical (unpaired) electrons. The van der Waals surface area contributed by atoms with Gasteiger partial charge in [0, 0.05) is 13.1 Å². The average Bonchev–Trinajstić information content (AvgIpc) is 2.83. The van der Waals surface area contributed by atoms with Gasteiger partial charge in [-0.1, -0.05) is 30.3 Å². The van der Waals surface area contributed by atoms with Crippen molar-refractivity contribution in [2.24, 2.45) is 0 Å². The van der Waals surface area contributed by atoms with Gasteiger partial charge >= 0.3 is 12.2 Å². The smallest absolute Gasteiger partial charge is 0.407 e. The van der Waals surface area contributed by atoms with E-state index >= 15 is 0 Å². The second-order valence-corrected chi connectivity index (χ2v) is 8.48. The summed E-state index contributed by atoms with van der Waals surface area (Å²) >= 11 is 0. The summed E-state index contributed by atoms with van der Waals surface area (Å²) in [5.41, 5.74) is 0.424. The van der Waals surface area contributed by atoms with E-state index in [2.05, 4.69) is 10.6 Å². The highest BCUT2D eigenvalue weighted by molar-refractivity contribution is 5.67. The summed E-state index contributed by atoms with van der Waals surface area (Å²) in [6, 6.07) is 9.49. The Kier molecular flexibility index (Phi) is 18.2. The van der Waals surface area contributed by atoms with Gasteiger partial charge in [-0.25, -0.2) is 9.59 Å². The van der Waals surface area contributed by atoms with E-state index in [9.17, 15) is 9.59 Å². The Balaban J connectivity index is 1.73. The van der Waals surface area contributed by atoms with Crippen molar-refractivity contribution in [1.82, 2.24) is 10.6 Å². The molecule has 11 nitrogen and oxygen atoms in total. The fourth-order valence-corrected chi connectivity index (χ4v) is 2.52. The van der Waals surface area contributed by atoms with Crippen LogP contribution in [0.15, 0.2) is 30.3 Å². The van der Waals surface area contributed by atoms with Crippen molar-refractivity contribution < 1.29 is 42.7 Å². The Bertz CT molecular complexity index is 684. The monoisotopic (exact) mass is 514 g/mol. The fraction of sp³-hybridized carbons (Fsp3) is 0.680. The molecule has 1 aromatic rings. The van der Waals surface area contributed by atoms with Gasteiger partial charge in [0.25, 0.3) is 0 Å². The summed E-state index contributed by atoms with van der Waals surface area (Å²) < 4.78 is 37.2. The van der Waals surface area contributed by atoms with E-state index in [-0.39, 0.29) is 6.61 Å². The predicted molar refractivity (Wildman–Crippen MR) is 133 cm³/mol. The number of hydrogen-bond donors (Lipinski definition) is 2. The minimum Gasteiger partial charge on any atom is -0.445 e. The van der Waals surface area contributed by atoms with Crippen LogP contribution in [0.25, 0.3) is 0 Å². The van der Waals surface area contributed by atoms with Crippen molar-refractivity contribution in [2.45, 2.75) is 33.0 Å². The van der Waals surface area contributed by atoms with Gasteiger partial charge in [0.15, 0.2) is 0 Å². The zero-order valence-electron chi connectivity index (χ0n) is 21.8. The molecule has 206 valence electrons. The highest BCUT2D eigenvalue weighted by atomic mass is 16.6. The van der Waals surface area contributed by atoms with Crippen molar-refractivity contribution in [1.29, 1.82) is 0 Å². The van der Waals surface area contributed by atoms with Crippen molar-refractivity contribution in [3.63, 3.8) is 0 Å². The van der Waals surface area contributed by atoms with Crippen LogP contribution in [0.4, 0.5) is 9.59 Å². The molecule has 2 amide bonds. The van der Waals surface area contributed by atoms with Gasteiger partial charge in [-0.3, -0.25) is 0 Å². The third-order valence-electron chi connectivity index (χ3n) is 4.13. The number of alkyl carbamates (subject to hydrolysis) is 2. The highest BCUT2D eigenvalue weighted by Crippen LogP contribution is 2.06. The van der Waals surface area contributed by atoms with Crippen molar-refractivity contribution in [3.8, 4) is 0 Å². The maximum absolute atomic E-state index is 11.6. The summed E-state index contributed by atoms with van der Waals surface area (Å²) in [6.07, 6.45) is -0.929. The molecule has 36 heavy (non-hydrogen) atoms. The average molecular weight is 515 g/mol. The molecule has 11 heteroatoms. The second-order valence-electron chi connectivity index (χ2n) is 8.48. The van der Waals surface area contributed by atoms with Gasteiger partial charge in [-0.15, -0.1) is 0 Å². The van der Waals surface area contributed by atoms with E-state index in [0.717, 1.165) is 5.56 Å². The van der Waals surface area contributed by atoms with E-state index in [1.54, 1.807) is 0 Å².